The van der Waals surface area contributed by atoms with Crippen LogP contribution in [-0.2, 0) is 16.1 Å². The normalized spacial score (nSPS) is 11.5. The van der Waals surface area contributed by atoms with E-state index in [0.717, 1.165) is 12.0 Å². The number of rotatable bonds is 11. The lowest BCUT2D eigenvalue weighted by atomic mass is 10.1. The largest absolute Gasteiger partial charge is 0.497 e. The second-order valence-corrected chi connectivity index (χ2v) is 6.83. The maximum Gasteiger partial charge on any atom is 0.261 e. The number of carbonyl (C=O) groups excluding carboxylic acids is 2. The smallest absolute Gasteiger partial charge is 0.261 e. The minimum atomic E-state index is -0.632. The molecule has 0 saturated carbocycles. The Balaban J connectivity index is 2.20. The van der Waals surface area contributed by atoms with Gasteiger partial charge in [0.15, 0.2) is 6.61 Å². The maximum atomic E-state index is 13.1. The second kappa shape index (κ2) is 11.8. The lowest BCUT2D eigenvalue weighted by molar-refractivity contribution is -0.143. The monoisotopic (exact) mass is 416 g/mol. The first-order chi connectivity index (χ1) is 14.5. The third-order valence-corrected chi connectivity index (χ3v) is 4.60. The number of hydrogen-bond acceptors (Lipinski definition) is 4. The van der Waals surface area contributed by atoms with Gasteiger partial charge in [-0.15, -0.1) is 0 Å². The van der Waals surface area contributed by atoms with Crippen molar-refractivity contribution in [1.82, 2.24) is 10.2 Å². The summed E-state index contributed by atoms with van der Waals surface area (Å²) in [6.07, 6.45) is 1.27. The molecular formula is C23H29FN2O4. The molecule has 1 unspecified atom stereocenters. The zero-order chi connectivity index (χ0) is 21.9. The lowest BCUT2D eigenvalue weighted by Crippen LogP contribution is -2.50. The van der Waals surface area contributed by atoms with Crippen LogP contribution in [0.1, 0.15) is 32.3 Å². The maximum absolute atomic E-state index is 13.1. The molecule has 6 nitrogen and oxygen atoms in total. The molecule has 1 N–H and O–H groups in total. The molecular weight excluding hydrogens is 387 g/mol. The van der Waals surface area contributed by atoms with Crippen LogP contribution < -0.4 is 14.8 Å². The highest BCUT2D eigenvalue weighted by Crippen LogP contribution is 2.18. The highest BCUT2D eigenvalue weighted by Gasteiger charge is 2.28. The molecule has 2 amide bonds. The Labute approximate surface area is 177 Å². The molecule has 0 spiro atoms. The van der Waals surface area contributed by atoms with Gasteiger partial charge >= 0.3 is 0 Å². The molecule has 2 rings (SSSR count). The molecule has 0 saturated heterocycles. The van der Waals surface area contributed by atoms with Gasteiger partial charge in [-0.1, -0.05) is 26.0 Å². The van der Waals surface area contributed by atoms with Crippen LogP contribution in [0.15, 0.2) is 48.5 Å². The van der Waals surface area contributed by atoms with Crippen LogP contribution in [-0.4, -0.2) is 43.0 Å². The molecule has 0 aliphatic rings. The van der Waals surface area contributed by atoms with Crippen molar-refractivity contribution in [2.24, 2.45) is 0 Å². The van der Waals surface area contributed by atoms with E-state index in [2.05, 4.69) is 5.32 Å². The van der Waals surface area contributed by atoms with Crippen LogP contribution in [0.25, 0.3) is 0 Å². The Kier molecular flexibility index (Phi) is 9.12. The van der Waals surface area contributed by atoms with Crippen molar-refractivity contribution in [2.75, 3.05) is 20.3 Å². The number of nitrogens with zero attached hydrogens (tertiary/aromatic N) is 1. The molecule has 0 radical (unpaired) electrons. The van der Waals surface area contributed by atoms with Crippen molar-refractivity contribution in [2.45, 2.75) is 39.3 Å². The fourth-order valence-electron chi connectivity index (χ4n) is 3.01. The summed E-state index contributed by atoms with van der Waals surface area (Å²) in [4.78, 5) is 27.2. The third kappa shape index (κ3) is 6.76. The molecule has 2 aromatic carbocycles. The van der Waals surface area contributed by atoms with Crippen LogP contribution in [0.5, 0.6) is 11.5 Å². The van der Waals surface area contributed by atoms with Crippen molar-refractivity contribution in [3.63, 3.8) is 0 Å². The fourth-order valence-corrected chi connectivity index (χ4v) is 3.01. The predicted molar refractivity (Wildman–Crippen MR) is 113 cm³/mol. The van der Waals surface area contributed by atoms with E-state index in [4.69, 9.17) is 9.47 Å². The molecule has 0 aliphatic heterocycles. The third-order valence-electron chi connectivity index (χ3n) is 4.60. The topological polar surface area (TPSA) is 67.9 Å². The van der Waals surface area contributed by atoms with E-state index < -0.39 is 6.04 Å². The molecule has 0 aromatic heterocycles. The number of amides is 2. The zero-order valence-electron chi connectivity index (χ0n) is 17.7. The zero-order valence-corrected chi connectivity index (χ0v) is 17.7. The van der Waals surface area contributed by atoms with Crippen LogP contribution in [0.4, 0.5) is 4.39 Å². The number of methoxy groups -OCH3 is 1. The Morgan fingerprint density at radius 3 is 2.47 bits per heavy atom. The molecule has 30 heavy (non-hydrogen) atoms. The minimum Gasteiger partial charge on any atom is -0.497 e. The quantitative estimate of drug-likeness (QED) is 0.608. The van der Waals surface area contributed by atoms with Gasteiger partial charge in [-0.2, -0.15) is 0 Å². The summed E-state index contributed by atoms with van der Waals surface area (Å²) in [5, 5.41) is 2.87. The summed E-state index contributed by atoms with van der Waals surface area (Å²) in [6.45, 7) is 4.36. The van der Waals surface area contributed by atoms with Gasteiger partial charge in [0, 0.05) is 13.1 Å². The number of halogens is 1. The number of benzene rings is 2. The summed E-state index contributed by atoms with van der Waals surface area (Å²) < 4.78 is 23.9. The van der Waals surface area contributed by atoms with Crippen LogP contribution in [0.2, 0.25) is 0 Å². The van der Waals surface area contributed by atoms with Crippen molar-refractivity contribution in [3.05, 3.63) is 59.9 Å². The highest BCUT2D eigenvalue weighted by molar-refractivity contribution is 5.88. The van der Waals surface area contributed by atoms with Gasteiger partial charge in [0.25, 0.3) is 5.91 Å². The van der Waals surface area contributed by atoms with E-state index >= 15 is 0 Å². The predicted octanol–water partition coefficient (Wildman–Crippen LogP) is 3.55. The first-order valence-corrected chi connectivity index (χ1v) is 10.1. The molecule has 7 heteroatoms. The summed E-state index contributed by atoms with van der Waals surface area (Å²) in [7, 11) is 1.58. The first-order valence-electron chi connectivity index (χ1n) is 10.1. The molecule has 1 atom stereocenters. The summed E-state index contributed by atoms with van der Waals surface area (Å²) in [5.74, 6) is 0.144. The molecule has 162 valence electrons. The Morgan fingerprint density at radius 1 is 1.10 bits per heavy atom. The van der Waals surface area contributed by atoms with Crippen molar-refractivity contribution < 1.29 is 23.5 Å². The highest BCUT2D eigenvalue weighted by atomic mass is 19.1. The van der Waals surface area contributed by atoms with E-state index in [1.807, 2.05) is 38.1 Å². The number of ether oxygens (including phenoxy) is 2. The summed E-state index contributed by atoms with van der Waals surface area (Å²) in [5.41, 5.74) is 0.839. The van der Waals surface area contributed by atoms with E-state index in [1.54, 1.807) is 7.11 Å². The minimum absolute atomic E-state index is 0.197. The van der Waals surface area contributed by atoms with Gasteiger partial charge in [-0.25, -0.2) is 4.39 Å². The Bertz CT molecular complexity index is 826. The van der Waals surface area contributed by atoms with E-state index in [1.165, 1.54) is 29.2 Å². The first kappa shape index (κ1) is 23.2. The van der Waals surface area contributed by atoms with Crippen molar-refractivity contribution in [1.29, 1.82) is 0 Å². The average molecular weight is 416 g/mol. The van der Waals surface area contributed by atoms with Crippen molar-refractivity contribution in [3.8, 4) is 11.5 Å². The Morgan fingerprint density at radius 2 is 1.83 bits per heavy atom. The van der Waals surface area contributed by atoms with Gasteiger partial charge < -0.3 is 19.7 Å². The van der Waals surface area contributed by atoms with Gasteiger partial charge in [0.1, 0.15) is 23.4 Å². The van der Waals surface area contributed by atoms with Crippen LogP contribution in [0, 0.1) is 5.82 Å². The van der Waals surface area contributed by atoms with E-state index in [0.29, 0.717) is 24.5 Å². The van der Waals surface area contributed by atoms with Crippen molar-refractivity contribution >= 4 is 11.8 Å². The number of carbonyl (C=O) groups is 2. The van der Waals surface area contributed by atoms with E-state index in [-0.39, 0.29) is 30.8 Å². The average Bonchev–Trinajstić information content (AvgIpc) is 2.77. The molecule has 0 heterocycles. The van der Waals surface area contributed by atoms with Gasteiger partial charge in [0.2, 0.25) is 5.91 Å². The van der Waals surface area contributed by atoms with Gasteiger partial charge in [-0.05, 0) is 54.8 Å². The van der Waals surface area contributed by atoms with E-state index in [9.17, 15) is 14.0 Å². The standard InChI is InChI=1S/C23H29FN2O4/c1-4-13-25-23(28)21(5-2)26(15-17-7-6-8-20(14-17)29-3)22(27)16-30-19-11-9-18(24)10-12-19/h6-12,14,21H,4-5,13,15-16H2,1-3H3,(H,25,28). The molecule has 0 bridgehead atoms. The lowest BCUT2D eigenvalue weighted by Gasteiger charge is -2.30. The molecule has 0 fully saturated rings. The molecule has 2 aromatic rings. The van der Waals surface area contributed by atoms with Crippen LogP contribution in [0.3, 0.4) is 0 Å². The SMILES string of the molecule is CCCNC(=O)C(CC)N(Cc1cccc(OC)c1)C(=O)COc1ccc(F)cc1. The second-order valence-electron chi connectivity index (χ2n) is 6.83. The Hall–Kier alpha value is -3.09. The summed E-state index contributed by atoms with van der Waals surface area (Å²) >= 11 is 0. The number of nitrogens with one attached hydrogen (secondary N) is 1. The number of hydrogen-bond donors (Lipinski definition) is 1. The van der Waals surface area contributed by atoms with Crippen LogP contribution >= 0.6 is 0 Å². The molecule has 0 aliphatic carbocycles. The van der Waals surface area contributed by atoms with Gasteiger partial charge in [0.05, 0.1) is 7.11 Å². The van der Waals surface area contributed by atoms with Gasteiger partial charge in [-0.3, -0.25) is 9.59 Å². The fraction of sp³-hybridized carbons (Fsp3) is 0.391. The summed E-state index contributed by atoms with van der Waals surface area (Å²) in [6, 6.07) is 12.2.